The van der Waals surface area contributed by atoms with Crippen molar-refractivity contribution in [2.45, 2.75) is 46.5 Å². The molecular weight excluding hydrogens is 212 g/mol. The van der Waals surface area contributed by atoms with Gasteiger partial charge in [-0.05, 0) is 57.3 Å². The van der Waals surface area contributed by atoms with E-state index in [0.29, 0.717) is 17.4 Å². The molecule has 0 unspecified atom stereocenters. The highest BCUT2D eigenvalue weighted by molar-refractivity contribution is 5.85. The molecule has 2 nitrogen and oxygen atoms in total. The van der Waals surface area contributed by atoms with E-state index in [1.54, 1.807) is 12.5 Å². The van der Waals surface area contributed by atoms with Gasteiger partial charge in [0.15, 0.2) is 0 Å². The van der Waals surface area contributed by atoms with Crippen LogP contribution in [0.4, 0.5) is 0 Å². The van der Waals surface area contributed by atoms with Gasteiger partial charge in [0.1, 0.15) is 0 Å². The molecule has 0 bridgehead atoms. The summed E-state index contributed by atoms with van der Waals surface area (Å²) in [6.07, 6.45) is 6.81. The van der Waals surface area contributed by atoms with Crippen molar-refractivity contribution >= 4 is 5.97 Å². The molecule has 0 aliphatic heterocycles. The fourth-order valence-corrected chi connectivity index (χ4v) is 3.52. The van der Waals surface area contributed by atoms with Gasteiger partial charge in [-0.2, -0.15) is 0 Å². The first-order chi connectivity index (χ1) is 8.00. The topological polar surface area (TPSA) is 37.3 Å². The largest absolute Gasteiger partial charge is 0.478 e. The van der Waals surface area contributed by atoms with Gasteiger partial charge in [-0.3, -0.25) is 0 Å². The Morgan fingerprint density at radius 2 is 2.06 bits per heavy atom. The Kier molecular flexibility index (Phi) is 3.41. The van der Waals surface area contributed by atoms with Gasteiger partial charge in [-0.15, -0.1) is 0 Å². The highest BCUT2D eigenvalue weighted by Crippen LogP contribution is 2.48. The lowest BCUT2D eigenvalue weighted by atomic mass is 9.71. The maximum absolute atomic E-state index is 10.9. The second-order valence-electron chi connectivity index (χ2n) is 5.70. The summed E-state index contributed by atoms with van der Waals surface area (Å²) in [5, 5.41) is 8.99. The molecule has 3 atom stereocenters. The van der Waals surface area contributed by atoms with Crippen molar-refractivity contribution in [2.75, 3.05) is 0 Å². The Balaban J connectivity index is 2.27. The number of hydrogen-bond donors (Lipinski definition) is 1. The predicted octanol–water partition coefficient (Wildman–Crippen LogP) is 3.79. The summed E-state index contributed by atoms with van der Waals surface area (Å²) in [5.74, 6) is 1.09. The van der Waals surface area contributed by atoms with Crippen molar-refractivity contribution in [3.63, 3.8) is 0 Å². The summed E-state index contributed by atoms with van der Waals surface area (Å²) in [5.41, 5.74) is 3.57. The molecule has 1 saturated carbocycles. The van der Waals surface area contributed by atoms with E-state index in [2.05, 4.69) is 13.8 Å². The SMILES string of the molecule is CC1=C2[C@@H](CC1)[C@H](C)CC[C@@H]2/C=C(/C)C(=O)O. The number of aliphatic carboxylic acids is 1. The number of hydrogen-bond acceptors (Lipinski definition) is 1. The van der Waals surface area contributed by atoms with E-state index in [-0.39, 0.29) is 0 Å². The Bertz CT molecular complexity index is 390. The fourth-order valence-electron chi connectivity index (χ4n) is 3.52. The molecule has 0 aromatic heterocycles. The molecule has 0 heterocycles. The summed E-state index contributed by atoms with van der Waals surface area (Å²) in [7, 11) is 0. The Morgan fingerprint density at radius 3 is 2.71 bits per heavy atom. The minimum atomic E-state index is -0.781. The molecule has 0 spiro atoms. The van der Waals surface area contributed by atoms with Crippen molar-refractivity contribution in [2.24, 2.45) is 17.8 Å². The Morgan fingerprint density at radius 1 is 1.35 bits per heavy atom. The van der Waals surface area contributed by atoms with Crippen molar-refractivity contribution in [3.8, 4) is 0 Å². The van der Waals surface area contributed by atoms with E-state index in [0.717, 1.165) is 12.3 Å². The molecule has 2 heteroatoms. The highest BCUT2D eigenvalue weighted by atomic mass is 16.4. The number of carboxylic acid groups (broad SMARTS) is 1. The molecule has 0 aromatic rings. The first-order valence-corrected chi connectivity index (χ1v) is 6.62. The zero-order chi connectivity index (χ0) is 12.6. The first kappa shape index (κ1) is 12.4. The zero-order valence-electron chi connectivity index (χ0n) is 11.0. The molecule has 2 rings (SSSR count). The summed E-state index contributed by atoms with van der Waals surface area (Å²) in [4.78, 5) is 10.9. The molecule has 2 aliphatic rings. The summed E-state index contributed by atoms with van der Waals surface area (Å²) < 4.78 is 0. The minimum absolute atomic E-state index is 0.384. The molecule has 94 valence electrons. The van der Waals surface area contributed by atoms with Gasteiger partial charge in [0.25, 0.3) is 0 Å². The standard InChI is InChI=1S/C15H22O2/c1-9-4-6-12(8-11(3)15(16)17)14-10(2)5-7-13(9)14/h8-9,12-13H,4-7H2,1-3H3,(H,16,17)/b11-8-/t9-,12-,13+/m1/s1. The van der Waals surface area contributed by atoms with E-state index in [1.807, 2.05) is 6.08 Å². The Labute approximate surface area is 103 Å². The molecule has 1 fully saturated rings. The van der Waals surface area contributed by atoms with Gasteiger partial charge < -0.3 is 5.11 Å². The maximum Gasteiger partial charge on any atom is 0.330 e. The number of carbonyl (C=O) groups is 1. The number of rotatable bonds is 2. The van der Waals surface area contributed by atoms with Crippen LogP contribution < -0.4 is 0 Å². The van der Waals surface area contributed by atoms with Crippen LogP contribution in [0.3, 0.4) is 0 Å². The van der Waals surface area contributed by atoms with Crippen LogP contribution in [0.25, 0.3) is 0 Å². The third-order valence-corrected chi connectivity index (χ3v) is 4.53. The first-order valence-electron chi connectivity index (χ1n) is 6.62. The average molecular weight is 234 g/mol. The van der Waals surface area contributed by atoms with Gasteiger partial charge in [0.2, 0.25) is 0 Å². The molecule has 17 heavy (non-hydrogen) atoms. The summed E-state index contributed by atoms with van der Waals surface area (Å²) in [6.45, 7) is 6.28. The lowest BCUT2D eigenvalue weighted by Gasteiger charge is -2.34. The van der Waals surface area contributed by atoms with Crippen LogP contribution in [-0.2, 0) is 4.79 Å². The molecule has 0 aromatic carbocycles. The van der Waals surface area contributed by atoms with Crippen LogP contribution in [0, 0.1) is 17.8 Å². The summed E-state index contributed by atoms with van der Waals surface area (Å²) in [6, 6.07) is 0. The van der Waals surface area contributed by atoms with Crippen LogP contribution in [0.5, 0.6) is 0 Å². The lowest BCUT2D eigenvalue weighted by Crippen LogP contribution is -2.23. The highest BCUT2D eigenvalue weighted by Gasteiger charge is 2.35. The molecule has 0 radical (unpaired) electrons. The van der Waals surface area contributed by atoms with E-state index in [4.69, 9.17) is 5.11 Å². The minimum Gasteiger partial charge on any atom is -0.478 e. The predicted molar refractivity (Wildman–Crippen MR) is 68.7 cm³/mol. The van der Waals surface area contributed by atoms with Crippen LogP contribution in [0.1, 0.15) is 46.5 Å². The summed E-state index contributed by atoms with van der Waals surface area (Å²) >= 11 is 0. The second-order valence-corrected chi connectivity index (χ2v) is 5.70. The van der Waals surface area contributed by atoms with Gasteiger partial charge in [-0.25, -0.2) is 4.79 Å². The van der Waals surface area contributed by atoms with E-state index in [9.17, 15) is 4.79 Å². The lowest BCUT2D eigenvalue weighted by molar-refractivity contribution is -0.132. The van der Waals surface area contributed by atoms with Gasteiger partial charge in [0, 0.05) is 5.57 Å². The third kappa shape index (κ3) is 2.31. The van der Waals surface area contributed by atoms with Crippen LogP contribution in [0.2, 0.25) is 0 Å². The second kappa shape index (κ2) is 4.67. The number of allylic oxidation sites excluding steroid dienone is 3. The normalized spacial score (nSPS) is 33.8. The van der Waals surface area contributed by atoms with E-state index in [1.165, 1.54) is 24.8 Å². The molecule has 1 N–H and O–H groups in total. The van der Waals surface area contributed by atoms with Crippen molar-refractivity contribution in [1.82, 2.24) is 0 Å². The van der Waals surface area contributed by atoms with Gasteiger partial charge in [-0.1, -0.05) is 24.1 Å². The van der Waals surface area contributed by atoms with Crippen LogP contribution in [0.15, 0.2) is 22.8 Å². The van der Waals surface area contributed by atoms with Crippen molar-refractivity contribution in [3.05, 3.63) is 22.8 Å². The van der Waals surface area contributed by atoms with E-state index >= 15 is 0 Å². The van der Waals surface area contributed by atoms with Gasteiger partial charge >= 0.3 is 5.97 Å². The molecule has 0 saturated heterocycles. The monoisotopic (exact) mass is 234 g/mol. The van der Waals surface area contributed by atoms with E-state index < -0.39 is 5.97 Å². The zero-order valence-corrected chi connectivity index (χ0v) is 11.0. The quantitative estimate of drug-likeness (QED) is 0.583. The smallest absolute Gasteiger partial charge is 0.330 e. The maximum atomic E-state index is 10.9. The van der Waals surface area contributed by atoms with Crippen molar-refractivity contribution in [1.29, 1.82) is 0 Å². The molecular formula is C15H22O2. The number of fused-ring (bicyclic) bond motifs is 1. The fraction of sp³-hybridized carbons (Fsp3) is 0.667. The molecule has 2 aliphatic carbocycles. The van der Waals surface area contributed by atoms with Gasteiger partial charge in [0.05, 0.1) is 0 Å². The third-order valence-electron chi connectivity index (χ3n) is 4.53. The average Bonchev–Trinajstić information content (AvgIpc) is 2.66. The van der Waals surface area contributed by atoms with Crippen molar-refractivity contribution < 1.29 is 9.90 Å². The number of carboxylic acids is 1. The van der Waals surface area contributed by atoms with Crippen LogP contribution >= 0.6 is 0 Å². The Hall–Kier alpha value is -1.05. The van der Waals surface area contributed by atoms with Crippen LogP contribution in [-0.4, -0.2) is 11.1 Å². The molecule has 0 amide bonds.